The lowest BCUT2D eigenvalue weighted by Crippen LogP contribution is -2.28. The van der Waals surface area contributed by atoms with Crippen LogP contribution >= 0.6 is 0 Å². The minimum atomic E-state index is 0.704. The molecule has 0 spiro atoms. The Kier molecular flexibility index (Phi) is 2.87. The van der Waals surface area contributed by atoms with E-state index in [0.717, 1.165) is 36.3 Å². The fraction of sp³-hybridized carbons (Fsp3) is 0.533. The Morgan fingerprint density at radius 3 is 2.28 bits per heavy atom. The van der Waals surface area contributed by atoms with Crippen molar-refractivity contribution in [3.8, 4) is 6.07 Å². The summed E-state index contributed by atoms with van der Waals surface area (Å²) in [5.74, 6) is 1.68. The van der Waals surface area contributed by atoms with Crippen LogP contribution in [0.15, 0.2) is 18.2 Å². The smallest absolute Gasteiger partial charge is 0.0992 e. The summed E-state index contributed by atoms with van der Waals surface area (Å²) in [4.78, 5) is 2.41. The summed E-state index contributed by atoms with van der Waals surface area (Å²) >= 11 is 0. The average molecular weight is 241 g/mol. The predicted molar refractivity (Wildman–Crippen MR) is 73.2 cm³/mol. The van der Waals surface area contributed by atoms with E-state index in [4.69, 9.17) is 11.0 Å². The average Bonchev–Trinajstić information content (AvgIpc) is 3.24. The maximum Gasteiger partial charge on any atom is 0.0992 e. The summed E-state index contributed by atoms with van der Waals surface area (Å²) in [7, 11) is 0. The van der Waals surface area contributed by atoms with Gasteiger partial charge in [-0.15, -0.1) is 0 Å². The summed E-state index contributed by atoms with van der Waals surface area (Å²) in [6, 6.07) is 7.81. The molecule has 2 aliphatic carbocycles. The first-order chi connectivity index (χ1) is 8.76. The van der Waals surface area contributed by atoms with Gasteiger partial charge in [0.15, 0.2) is 0 Å². The van der Waals surface area contributed by atoms with E-state index in [2.05, 4.69) is 11.0 Å². The molecular formula is C15H19N3. The van der Waals surface area contributed by atoms with Crippen molar-refractivity contribution < 1.29 is 0 Å². The Morgan fingerprint density at radius 1 is 1.17 bits per heavy atom. The lowest BCUT2D eigenvalue weighted by atomic mass is 10.1. The van der Waals surface area contributed by atoms with Crippen molar-refractivity contribution in [1.29, 1.82) is 5.26 Å². The number of nitriles is 1. The Hall–Kier alpha value is -1.69. The zero-order valence-electron chi connectivity index (χ0n) is 10.6. The lowest BCUT2D eigenvalue weighted by molar-refractivity contribution is 0.680. The minimum absolute atomic E-state index is 0.704. The molecule has 1 aromatic rings. The third-order valence-corrected chi connectivity index (χ3v) is 3.85. The van der Waals surface area contributed by atoms with Crippen molar-refractivity contribution in [2.45, 2.75) is 25.7 Å². The van der Waals surface area contributed by atoms with Gasteiger partial charge in [-0.05, 0) is 55.7 Å². The van der Waals surface area contributed by atoms with E-state index in [1.54, 1.807) is 6.07 Å². The van der Waals surface area contributed by atoms with E-state index in [9.17, 15) is 0 Å². The molecule has 1 aromatic carbocycles. The topological polar surface area (TPSA) is 53.1 Å². The number of hydrogen-bond acceptors (Lipinski definition) is 3. The van der Waals surface area contributed by atoms with Crippen molar-refractivity contribution in [3.05, 3.63) is 23.8 Å². The normalized spacial score (nSPS) is 18.4. The number of benzene rings is 1. The van der Waals surface area contributed by atoms with Crippen LogP contribution in [-0.4, -0.2) is 13.1 Å². The van der Waals surface area contributed by atoms with Crippen LogP contribution < -0.4 is 10.6 Å². The number of rotatable bonds is 5. The van der Waals surface area contributed by atoms with Gasteiger partial charge in [0.2, 0.25) is 0 Å². The lowest BCUT2D eigenvalue weighted by Gasteiger charge is -2.26. The van der Waals surface area contributed by atoms with Crippen LogP contribution in [0.5, 0.6) is 0 Å². The van der Waals surface area contributed by atoms with Gasteiger partial charge in [0.05, 0.1) is 23.0 Å². The highest BCUT2D eigenvalue weighted by atomic mass is 15.1. The molecule has 2 aliphatic rings. The number of hydrogen-bond donors (Lipinski definition) is 1. The second-order valence-corrected chi connectivity index (χ2v) is 5.68. The summed E-state index contributed by atoms with van der Waals surface area (Å²) < 4.78 is 0. The standard InChI is InChI=1S/C15H19N3/c16-8-13-5-6-14(17)15(7-13)18(9-11-1-2-11)10-12-3-4-12/h5-7,11-12H,1-4,9-10,17H2. The van der Waals surface area contributed by atoms with Crippen LogP contribution in [0.3, 0.4) is 0 Å². The van der Waals surface area contributed by atoms with Gasteiger partial charge in [-0.1, -0.05) is 0 Å². The third-order valence-electron chi connectivity index (χ3n) is 3.85. The summed E-state index contributed by atoms with van der Waals surface area (Å²) in [6.07, 6.45) is 5.38. The van der Waals surface area contributed by atoms with E-state index < -0.39 is 0 Å². The van der Waals surface area contributed by atoms with Gasteiger partial charge in [0.1, 0.15) is 0 Å². The van der Waals surface area contributed by atoms with Gasteiger partial charge >= 0.3 is 0 Å². The van der Waals surface area contributed by atoms with E-state index in [0.29, 0.717) is 5.56 Å². The van der Waals surface area contributed by atoms with E-state index in [-0.39, 0.29) is 0 Å². The fourth-order valence-corrected chi connectivity index (χ4v) is 2.38. The molecule has 0 bridgehead atoms. The first-order valence-corrected chi connectivity index (χ1v) is 6.81. The monoisotopic (exact) mass is 241 g/mol. The van der Waals surface area contributed by atoms with Gasteiger partial charge in [0.25, 0.3) is 0 Å². The zero-order chi connectivity index (χ0) is 12.5. The zero-order valence-corrected chi connectivity index (χ0v) is 10.6. The summed E-state index contributed by atoms with van der Waals surface area (Å²) in [5, 5.41) is 9.01. The minimum Gasteiger partial charge on any atom is -0.397 e. The van der Waals surface area contributed by atoms with Crippen molar-refractivity contribution >= 4 is 11.4 Å². The fourth-order valence-electron chi connectivity index (χ4n) is 2.38. The van der Waals surface area contributed by atoms with Crippen molar-refractivity contribution in [2.75, 3.05) is 23.7 Å². The molecular weight excluding hydrogens is 222 g/mol. The van der Waals surface area contributed by atoms with Crippen LogP contribution in [0, 0.1) is 23.2 Å². The predicted octanol–water partition coefficient (Wildman–Crippen LogP) is 2.77. The molecule has 2 fully saturated rings. The van der Waals surface area contributed by atoms with E-state index in [1.165, 1.54) is 25.7 Å². The highest BCUT2D eigenvalue weighted by Crippen LogP contribution is 2.37. The summed E-state index contributed by atoms with van der Waals surface area (Å²) in [6.45, 7) is 2.21. The van der Waals surface area contributed by atoms with Gasteiger partial charge in [-0.3, -0.25) is 0 Å². The second kappa shape index (κ2) is 4.53. The molecule has 0 saturated heterocycles. The maximum absolute atomic E-state index is 9.01. The highest BCUT2D eigenvalue weighted by molar-refractivity contribution is 5.69. The van der Waals surface area contributed by atoms with Crippen LogP contribution in [-0.2, 0) is 0 Å². The molecule has 3 heteroatoms. The molecule has 3 nitrogen and oxygen atoms in total. The number of nitrogens with zero attached hydrogens (tertiary/aromatic N) is 2. The van der Waals surface area contributed by atoms with Gasteiger partial charge in [0, 0.05) is 13.1 Å². The molecule has 94 valence electrons. The molecule has 0 radical (unpaired) electrons. The van der Waals surface area contributed by atoms with E-state index in [1.807, 2.05) is 12.1 Å². The first-order valence-electron chi connectivity index (χ1n) is 6.81. The molecule has 2 saturated carbocycles. The van der Waals surface area contributed by atoms with Crippen LogP contribution in [0.25, 0.3) is 0 Å². The molecule has 18 heavy (non-hydrogen) atoms. The van der Waals surface area contributed by atoms with Crippen molar-refractivity contribution in [1.82, 2.24) is 0 Å². The first kappa shape index (κ1) is 11.4. The molecule has 2 N–H and O–H groups in total. The molecule has 0 aliphatic heterocycles. The Bertz CT molecular complexity index is 467. The summed E-state index contributed by atoms with van der Waals surface area (Å²) in [5.41, 5.74) is 8.65. The van der Waals surface area contributed by atoms with Gasteiger partial charge in [-0.25, -0.2) is 0 Å². The number of nitrogens with two attached hydrogens (primary N) is 1. The van der Waals surface area contributed by atoms with Crippen LogP contribution in [0.2, 0.25) is 0 Å². The maximum atomic E-state index is 9.01. The van der Waals surface area contributed by atoms with Gasteiger partial charge < -0.3 is 10.6 Å². The molecule has 0 aromatic heterocycles. The van der Waals surface area contributed by atoms with Crippen LogP contribution in [0.1, 0.15) is 31.2 Å². The highest BCUT2D eigenvalue weighted by Gasteiger charge is 2.30. The molecule has 0 atom stereocenters. The molecule has 0 heterocycles. The Balaban J connectivity index is 1.84. The van der Waals surface area contributed by atoms with Crippen molar-refractivity contribution in [3.63, 3.8) is 0 Å². The quantitative estimate of drug-likeness (QED) is 0.806. The molecule has 0 unspecified atom stereocenters. The molecule has 0 amide bonds. The second-order valence-electron chi connectivity index (χ2n) is 5.68. The van der Waals surface area contributed by atoms with Crippen LogP contribution in [0.4, 0.5) is 11.4 Å². The van der Waals surface area contributed by atoms with Gasteiger partial charge in [-0.2, -0.15) is 5.26 Å². The Morgan fingerprint density at radius 2 is 1.78 bits per heavy atom. The van der Waals surface area contributed by atoms with Crippen molar-refractivity contribution in [2.24, 2.45) is 11.8 Å². The largest absolute Gasteiger partial charge is 0.397 e. The molecule has 3 rings (SSSR count). The third kappa shape index (κ3) is 2.59. The number of anilines is 2. The Labute approximate surface area is 108 Å². The van der Waals surface area contributed by atoms with E-state index >= 15 is 0 Å². The number of nitrogen functional groups attached to an aromatic ring is 1. The SMILES string of the molecule is N#Cc1ccc(N)c(N(CC2CC2)CC2CC2)c1.